The van der Waals surface area contributed by atoms with E-state index in [9.17, 15) is 0 Å². The van der Waals surface area contributed by atoms with Crippen LogP contribution in [0.5, 0.6) is 0 Å². The molecule has 0 unspecified atom stereocenters. The number of benzene rings is 1. The first kappa shape index (κ1) is 15.5. The summed E-state index contributed by atoms with van der Waals surface area (Å²) in [6, 6.07) is 5.32. The van der Waals surface area contributed by atoms with Crippen LogP contribution in [0.1, 0.15) is 25.2 Å². The second-order valence-electron chi connectivity index (χ2n) is 4.35. The number of rotatable bonds is 5. The van der Waals surface area contributed by atoms with Crippen molar-refractivity contribution in [3.8, 4) is 0 Å². The molecule has 1 heterocycles. The van der Waals surface area contributed by atoms with Crippen LogP contribution < -0.4 is 5.32 Å². The summed E-state index contributed by atoms with van der Waals surface area (Å²) in [5.41, 5.74) is 2.67. The SMILES string of the molecule is CCc1nn(CC)c(CNc2cc(Cl)ccc2Cl)c1Cl. The van der Waals surface area contributed by atoms with Gasteiger partial charge in [-0.05, 0) is 31.5 Å². The Balaban J connectivity index is 2.22. The number of hydrogen-bond donors (Lipinski definition) is 1. The maximum atomic E-state index is 6.36. The molecule has 1 aromatic carbocycles. The Morgan fingerprint density at radius 2 is 1.95 bits per heavy atom. The summed E-state index contributed by atoms with van der Waals surface area (Å²) >= 11 is 18.5. The lowest BCUT2D eigenvalue weighted by molar-refractivity contribution is 0.619. The molecule has 0 atom stereocenters. The molecule has 0 aliphatic rings. The average Bonchev–Trinajstić information content (AvgIpc) is 2.75. The van der Waals surface area contributed by atoms with Crippen molar-refractivity contribution in [3.05, 3.63) is 44.7 Å². The molecule has 0 spiro atoms. The van der Waals surface area contributed by atoms with Gasteiger partial charge in [-0.2, -0.15) is 5.10 Å². The first-order chi connectivity index (χ1) is 9.56. The van der Waals surface area contributed by atoms with Crippen LogP contribution in [-0.4, -0.2) is 9.78 Å². The fourth-order valence-corrected chi connectivity index (χ4v) is 2.69. The molecule has 0 radical (unpaired) electrons. The minimum atomic E-state index is 0.555. The number of anilines is 1. The number of nitrogens with one attached hydrogen (secondary N) is 1. The summed E-state index contributed by atoms with van der Waals surface area (Å²) in [7, 11) is 0. The Bertz CT molecular complexity index is 608. The Morgan fingerprint density at radius 1 is 1.20 bits per heavy atom. The summed E-state index contributed by atoms with van der Waals surface area (Å²) in [5.74, 6) is 0. The quantitative estimate of drug-likeness (QED) is 0.831. The molecule has 1 N–H and O–H groups in total. The van der Waals surface area contributed by atoms with Crippen LogP contribution in [0.15, 0.2) is 18.2 Å². The molecule has 0 aliphatic carbocycles. The molecule has 20 heavy (non-hydrogen) atoms. The molecular formula is C14H16Cl3N3. The smallest absolute Gasteiger partial charge is 0.0868 e. The Hall–Kier alpha value is -0.900. The zero-order valence-electron chi connectivity index (χ0n) is 11.4. The summed E-state index contributed by atoms with van der Waals surface area (Å²) < 4.78 is 1.91. The first-order valence-electron chi connectivity index (χ1n) is 6.49. The average molecular weight is 333 g/mol. The molecule has 0 saturated carbocycles. The van der Waals surface area contributed by atoms with E-state index in [-0.39, 0.29) is 0 Å². The molecule has 108 valence electrons. The molecule has 0 bridgehead atoms. The molecule has 1 aromatic heterocycles. The van der Waals surface area contributed by atoms with Gasteiger partial charge in [0.1, 0.15) is 0 Å². The molecule has 3 nitrogen and oxygen atoms in total. The minimum absolute atomic E-state index is 0.555. The van der Waals surface area contributed by atoms with Gasteiger partial charge in [-0.15, -0.1) is 0 Å². The van der Waals surface area contributed by atoms with Gasteiger partial charge in [0.25, 0.3) is 0 Å². The predicted molar refractivity (Wildman–Crippen MR) is 86.1 cm³/mol. The Labute approximate surface area is 133 Å². The van der Waals surface area contributed by atoms with Crippen molar-refractivity contribution < 1.29 is 0 Å². The van der Waals surface area contributed by atoms with Gasteiger partial charge in [0.2, 0.25) is 0 Å². The van der Waals surface area contributed by atoms with Crippen LogP contribution in [0.25, 0.3) is 0 Å². The van der Waals surface area contributed by atoms with Crippen LogP contribution >= 0.6 is 34.8 Å². The van der Waals surface area contributed by atoms with Crippen molar-refractivity contribution in [2.24, 2.45) is 0 Å². The van der Waals surface area contributed by atoms with Gasteiger partial charge in [-0.1, -0.05) is 41.7 Å². The minimum Gasteiger partial charge on any atom is -0.378 e. The van der Waals surface area contributed by atoms with E-state index < -0.39 is 0 Å². The normalized spacial score (nSPS) is 10.8. The zero-order valence-corrected chi connectivity index (χ0v) is 13.6. The second kappa shape index (κ2) is 6.70. The van der Waals surface area contributed by atoms with Crippen molar-refractivity contribution in [2.45, 2.75) is 33.4 Å². The van der Waals surface area contributed by atoms with E-state index in [1.807, 2.05) is 18.5 Å². The van der Waals surface area contributed by atoms with E-state index in [0.717, 1.165) is 35.1 Å². The number of halogens is 3. The highest BCUT2D eigenvalue weighted by atomic mass is 35.5. The van der Waals surface area contributed by atoms with E-state index in [2.05, 4.69) is 10.4 Å². The van der Waals surface area contributed by atoms with Crippen LogP contribution in [0.4, 0.5) is 5.69 Å². The molecule has 0 saturated heterocycles. The standard InChI is InChI=1S/C14H16Cl3N3/c1-3-11-14(17)13(20(4-2)19-11)8-18-12-7-9(15)5-6-10(12)16/h5-7,18H,3-4,8H2,1-2H3. The molecule has 2 aromatic rings. The van der Waals surface area contributed by atoms with Gasteiger partial charge in [-0.3, -0.25) is 4.68 Å². The highest BCUT2D eigenvalue weighted by Crippen LogP contribution is 2.27. The maximum Gasteiger partial charge on any atom is 0.0868 e. The summed E-state index contributed by atoms with van der Waals surface area (Å²) in [6.45, 7) is 5.41. The Kier molecular flexibility index (Phi) is 5.19. The highest BCUT2D eigenvalue weighted by Gasteiger charge is 2.14. The number of nitrogens with zero attached hydrogens (tertiary/aromatic N) is 2. The summed E-state index contributed by atoms with van der Waals surface area (Å²) in [6.07, 6.45) is 0.816. The lowest BCUT2D eigenvalue weighted by atomic mass is 10.2. The van der Waals surface area contributed by atoms with Crippen molar-refractivity contribution >= 4 is 40.5 Å². The van der Waals surface area contributed by atoms with Gasteiger partial charge < -0.3 is 5.32 Å². The Morgan fingerprint density at radius 3 is 2.60 bits per heavy atom. The van der Waals surface area contributed by atoms with Gasteiger partial charge >= 0.3 is 0 Å². The molecule has 6 heteroatoms. The van der Waals surface area contributed by atoms with E-state index >= 15 is 0 Å². The van der Waals surface area contributed by atoms with E-state index in [1.165, 1.54) is 0 Å². The topological polar surface area (TPSA) is 29.9 Å². The molecule has 2 rings (SSSR count). The molecular weight excluding hydrogens is 317 g/mol. The van der Waals surface area contributed by atoms with Crippen molar-refractivity contribution in [1.29, 1.82) is 0 Å². The number of aryl methyl sites for hydroxylation is 2. The van der Waals surface area contributed by atoms with Crippen LogP contribution in [-0.2, 0) is 19.5 Å². The van der Waals surface area contributed by atoms with Gasteiger partial charge in [0.15, 0.2) is 0 Å². The van der Waals surface area contributed by atoms with E-state index in [4.69, 9.17) is 34.8 Å². The lowest BCUT2D eigenvalue weighted by Gasteiger charge is -2.10. The fourth-order valence-electron chi connectivity index (χ4n) is 2.00. The third-order valence-electron chi connectivity index (χ3n) is 3.07. The lowest BCUT2D eigenvalue weighted by Crippen LogP contribution is -2.08. The van der Waals surface area contributed by atoms with Crippen LogP contribution in [0.3, 0.4) is 0 Å². The van der Waals surface area contributed by atoms with Crippen molar-refractivity contribution in [1.82, 2.24) is 9.78 Å². The summed E-state index contributed by atoms with van der Waals surface area (Å²) in [4.78, 5) is 0. The number of aromatic nitrogens is 2. The van der Waals surface area contributed by atoms with E-state index in [0.29, 0.717) is 16.6 Å². The monoisotopic (exact) mass is 331 g/mol. The third-order valence-corrected chi connectivity index (χ3v) is 4.07. The molecule has 0 fully saturated rings. The zero-order chi connectivity index (χ0) is 14.7. The first-order valence-corrected chi connectivity index (χ1v) is 7.63. The van der Waals surface area contributed by atoms with E-state index in [1.54, 1.807) is 18.2 Å². The van der Waals surface area contributed by atoms with Gasteiger partial charge in [0, 0.05) is 11.6 Å². The van der Waals surface area contributed by atoms with Gasteiger partial charge in [0.05, 0.1) is 33.7 Å². The second-order valence-corrected chi connectivity index (χ2v) is 5.58. The molecule has 0 amide bonds. The predicted octanol–water partition coefficient (Wildman–Crippen LogP) is 5.04. The maximum absolute atomic E-state index is 6.36. The highest BCUT2D eigenvalue weighted by molar-refractivity contribution is 6.35. The summed E-state index contributed by atoms with van der Waals surface area (Å²) in [5, 5.41) is 9.74. The largest absolute Gasteiger partial charge is 0.378 e. The van der Waals surface area contributed by atoms with Crippen molar-refractivity contribution in [3.63, 3.8) is 0 Å². The van der Waals surface area contributed by atoms with Crippen molar-refractivity contribution in [2.75, 3.05) is 5.32 Å². The van der Waals surface area contributed by atoms with Crippen LogP contribution in [0, 0.1) is 0 Å². The third kappa shape index (κ3) is 3.22. The fraction of sp³-hybridized carbons (Fsp3) is 0.357. The van der Waals surface area contributed by atoms with Crippen LogP contribution in [0.2, 0.25) is 15.1 Å². The number of hydrogen-bond acceptors (Lipinski definition) is 2. The van der Waals surface area contributed by atoms with Gasteiger partial charge in [-0.25, -0.2) is 0 Å². The molecule has 0 aliphatic heterocycles.